The number of halogens is 3. The monoisotopic (exact) mass is 388 g/mol. The van der Waals surface area contributed by atoms with Crippen molar-refractivity contribution in [2.24, 2.45) is 0 Å². The Morgan fingerprint density at radius 3 is 2.15 bits per heavy atom. The summed E-state index contributed by atoms with van der Waals surface area (Å²) in [7, 11) is 0. The first-order valence-corrected chi connectivity index (χ1v) is 8.99. The van der Waals surface area contributed by atoms with Crippen molar-refractivity contribution in [3.8, 4) is 0 Å². The second-order valence-corrected chi connectivity index (χ2v) is 7.18. The molecule has 1 aromatic carbocycles. The van der Waals surface area contributed by atoms with Crippen LogP contribution in [0.3, 0.4) is 0 Å². The number of ether oxygens (including phenoxy) is 2. The largest absolute Gasteiger partial charge is 0.463 e. The topological polar surface area (TPSA) is 52.6 Å². The molecule has 2 rings (SSSR count). The van der Waals surface area contributed by atoms with Crippen molar-refractivity contribution < 1.29 is 27.8 Å². The molecule has 0 bridgehead atoms. The van der Waals surface area contributed by atoms with E-state index < -0.39 is 36.3 Å². The van der Waals surface area contributed by atoms with Crippen LogP contribution in [0.15, 0.2) is 12.1 Å². The van der Waals surface area contributed by atoms with Crippen LogP contribution in [0.1, 0.15) is 49.3 Å². The fourth-order valence-electron chi connectivity index (χ4n) is 3.25. The molecule has 1 saturated carbocycles. The number of hydrogen-bond acceptors (Lipinski definition) is 4. The highest BCUT2D eigenvalue weighted by Gasteiger charge is 2.51. The molecule has 0 saturated heterocycles. The molecular weight excluding hydrogens is 366 g/mol. The highest BCUT2D eigenvalue weighted by molar-refractivity contribution is 6.30. The van der Waals surface area contributed by atoms with Gasteiger partial charge in [0.1, 0.15) is 0 Å². The number of hydrogen-bond donors (Lipinski definition) is 0. The fourth-order valence-corrected chi connectivity index (χ4v) is 3.58. The number of rotatable bonds is 5. The minimum absolute atomic E-state index is 0.0631. The van der Waals surface area contributed by atoms with Crippen molar-refractivity contribution in [3.63, 3.8) is 0 Å². The Hall–Kier alpha value is -1.69. The van der Waals surface area contributed by atoms with Crippen LogP contribution >= 0.6 is 11.6 Å². The lowest BCUT2D eigenvalue weighted by molar-refractivity contribution is -0.194. The Kier molecular flexibility index (Phi) is 6.27. The number of carbonyl (C=O) groups is 2. The molecule has 0 aromatic heterocycles. The molecule has 1 fully saturated rings. The summed E-state index contributed by atoms with van der Waals surface area (Å²) < 4.78 is 37.5. The zero-order valence-corrected chi connectivity index (χ0v) is 15.9. The maximum atomic E-state index is 13.5. The lowest BCUT2D eigenvalue weighted by Crippen LogP contribution is -2.49. The van der Waals surface area contributed by atoms with E-state index in [9.17, 15) is 18.4 Å². The van der Waals surface area contributed by atoms with Crippen LogP contribution in [0.4, 0.5) is 8.78 Å². The smallest absolute Gasteiger partial charge is 0.350 e. The van der Waals surface area contributed by atoms with Gasteiger partial charge in [-0.25, -0.2) is 13.6 Å². The molecule has 0 unspecified atom stereocenters. The highest BCUT2D eigenvalue weighted by atomic mass is 35.5. The molecule has 26 heavy (non-hydrogen) atoms. The summed E-state index contributed by atoms with van der Waals surface area (Å²) in [4.78, 5) is 24.8. The van der Waals surface area contributed by atoms with Gasteiger partial charge in [0.05, 0.1) is 13.0 Å². The quantitative estimate of drug-likeness (QED) is 0.694. The van der Waals surface area contributed by atoms with E-state index in [2.05, 4.69) is 0 Å². The summed E-state index contributed by atoms with van der Waals surface area (Å²) in [5, 5.41) is 0.564. The Morgan fingerprint density at radius 2 is 1.65 bits per heavy atom. The van der Waals surface area contributed by atoms with E-state index >= 15 is 0 Å². The molecule has 0 heterocycles. The third-order valence-electron chi connectivity index (χ3n) is 4.73. The van der Waals surface area contributed by atoms with Gasteiger partial charge in [0.25, 0.3) is 0 Å². The van der Waals surface area contributed by atoms with E-state index in [4.69, 9.17) is 21.1 Å². The van der Waals surface area contributed by atoms with Crippen molar-refractivity contribution >= 4 is 23.5 Å². The lowest BCUT2D eigenvalue weighted by Gasteiger charge is -2.37. The molecular formula is C19H23ClF2O4. The molecule has 0 spiro atoms. The van der Waals surface area contributed by atoms with Gasteiger partial charge >= 0.3 is 11.9 Å². The van der Waals surface area contributed by atoms with Gasteiger partial charge in [0.2, 0.25) is 11.5 Å². The normalized spacial score (nSPS) is 18.2. The molecule has 1 aliphatic rings. The van der Waals surface area contributed by atoms with E-state index in [0.29, 0.717) is 5.02 Å². The van der Waals surface area contributed by atoms with E-state index in [1.807, 2.05) is 13.8 Å². The first-order valence-electron chi connectivity index (χ1n) is 8.61. The summed E-state index contributed by atoms with van der Waals surface area (Å²) in [6, 6.07) is 3.47. The molecule has 4 nitrogen and oxygen atoms in total. The summed E-state index contributed by atoms with van der Waals surface area (Å²) in [5.41, 5.74) is 0.766. The minimum Gasteiger partial charge on any atom is -0.463 e. The standard InChI is InChI=1S/C19H23ClF2O4/c1-4-25-17(24)18(5-7-19(21,22)8-6-18)26-16(23)11-15-12(2)9-14(20)10-13(15)3/h9-10H,4-8,11H2,1-3H3. The Morgan fingerprint density at radius 1 is 1.12 bits per heavy atom. The van der Waals surface area contributed by atoms with Gasteiger partial charge in [-0.15, -0.1) is 0 Å². The first kappa shape index (κ1) is 20.6. The molecule has 7 heteroatoms. The number of aryl methyl sites for hydroxylation is 2. The van der Waals surface area contributed by atoms with Crippen LogP contribution in [0, 0.1) is 13.8 Å². The van der Waals surface area contributed by atoms with E-state index in [1.54, 1.807) is 19.1 Å². The number of esters is 2. The van der Waals surface area contributed by atoms with Crippen molar-refractivity contribution in [2.45, 2.75) is 64.4 Å². The van der Waals surface area contributed by atoms with Gasteiger partial charge in [-0.1, -0.05) is 11.6 Å². The number of alkyl halides is 2. The summed E-state index contributed by atoms with van der Waals surface area (Å²) in [6.45, 7) is 5.35. The SMILES string of the molecule is CCOC(=O)C1(OC(=O)Cc2c(C)cc(Cl)cc2C)CCC(F)(F)CC1. The van der Waals surface area contributed by atoms with Gasteiger partial charge < -0.3 is 9.47 Å². The van der Waals surface area contributed by atoms with Gasteiger partial charge in [0, 0.05) is 30.7 Å². The van der Waals surface area contributed by atoms with Crippen molar-refractivity contribution in [2.75, 3.05) is 6.61 Å². The van der Waals surface area contributed by atoms with E-state index in [-0.39, 0.29) is 25.9 Å². The average Bonchev–Trinajstić information content (AvgIpc) is 2.53. The first-order chi connectivity index (χ1) is 12.1. The second-order valence-electron chi connectivity index (χ2n) is 6.74. The second kappa shape index (κ2) is 7.91. The molecule has 0 amide bonds. The number of carbonyl (C=O) groups excluding carboxylic acids is 2. The van der Waals surface area contributed by atoms with Gasteiger partial charge in [-0.2, -0.15) is 0 Å². The van der Waals surface area contributed by atoms with Crippen molar-refractivity contribution in [1.82, 2.24) is 0 Å². The third kappa shape index (κ3) is 4.72. The summed E-state index contributed by atoms with van der Waals surface area (Å²) >= 11 is 5.99. The Labute approximate surface area is 156 Å². The van der Waals surface area contributed by atoms with Gasteiger partial charge in [0.15, 0.2) is 0 Å². The maximum Gasteiger partial charge on any atom is 0.350 e. The maximum absolute atomic E-state index is 13.5. The third-order valence-corrected chi connectivity index (χ3v) is 4.95. The molecule has 1 aromatic rings. The van der Waals surface area contributed by atoms with Crippen molar-refractivity contribution in [1.29, 1.82) is 0 Å². The van der Waals surface area contributed by atoms with Crippen LogP contribution in [0.2, 0.25) is 5.02 Å². The molecule has 0 N–H and O–H groups in total. The summed E-state index contributed by atoms with van der Waals surface area (Å²) in [6.07, 6.45) is -1.59. The van der Waals surface area contributed by atoms with Crippen LogP contribution in [0.25, 0.3) is 0 Å². The van der Waals surface area contributed by atoms with Crippen LogP contribution in [0.5, 0.6) is 0 Å². The molecule has 0 radical (unpaired) electrons. The zero-order valence-electron chi connectivity index (χ0n) is 15.2. The van der Waals surface area contributed by atoms with E-state index in [1.165, 1.54) is 0 Å². The molecule has 0 aliphatic heterocycles. The predicted octanol–water partition coefficient (Wildman–Crippen LogP) is 4.55. The zero-order chi connectivity index (χ0) is 19.5. The predicted molar refractivity (Wildman–Crippen MR) is 93.5 cm³/mol. The van der Waals surface area contributed by atoms with Gasteiger partial charge in [-0.05, 0) is 49.6 Å². The molecule has 144 valence electrons. The molecule has 0 atom stereocenters. The minimum atomic E-state index is -2.86. The lowest BCUT2D eigenvalue weighted by atomic mass is 9.82. The molecule has 1 aliphatic carbocycles. The van der Waals surface area contributed by atoms with Crippen LogP contribution < -0.4 is 0 Å². The van der Waals surface area contributed by atoms with Crippen LogP contribution in [-0.2, 0) is 25.5 Å². The highest BCUT2D eigenvalue weighted by Crippen LogP contribution is 2.41. The van der Waals surface area contributed by atoms with Gasteiger partial charge in [-0.3, -0.25) is 4.79 Å². The summed E-state index contributed by atoms with van der Waals surface area (Å²) in [5.74, 6) is -4.25. The Bertz CT molecular complexity index is 670. The van der Waals surface area contributed by atoms with Crippen LogP contribution in [-0.4, -0.2) is 30.1 Å². The van der Waals surface area contributed by atoms with E-state index in [0.717, 1.165) is 16.7 Å². The number of benzene rings is 1. The van der Waals surface area contributed by atoms with Crippen molar-refractivity contribution in [3.05, 3.63) is 33.8 Å². The fraction of sp³-hybridized carbons (Fsp3) is 0.579. The average molecular weight is 389 g/mol. The Balaban J connectivity index is 2.18.